The molecule has 2 unspecified atom stereocenters. The molecule has 0 fully saturated rings. The zero-order valence-corrected chi connectivity index (χ0v) is 65.4. The van der Waals surface area contributed by atoms with E-state index in [1.54, 1.807) is 6.08 Å². The quantitative estimate of drug-likeness (QED) is 0.0320. The van der Waals surface area contributed by atoms with Crippen molar-refractivity contribution in [3.05, 3.63) is 36.5 Å². The minimum atomic E-state index is -0.844. The first kappa shape index (κ1) is 94.1. The number of nitrogens with one attached hydrogen (secondary N) is 1. The van der Waals surface area contributed by atoms with E-state index in [2.05, 4.69) is 43.5 Å². The molecule has 0 aromatic carbocycles. The Kier molecular flexibility index (Phi) is 83.8. The van der Waals surface area contributed by atoms with Crippen molar-refractivity contribution in [1.29, 1.82) is 0 Å². The van der Waals surface area contributed by atoms with Crippen LogP contribution in [0.15, 0.2) is 36.5 Å². The van der Waals surface area contributed by atoms with Gasteiger partial charge in [0.1, 0.15) is 0 Å². The predicted octanol–water partition coefficient (Wildman–Crippen LogP) is 29.7. The smallest absolute Gasteiger partial charge is 0.305 e. The Bertz CT molecular complexity index is 1560. The first-order chi connectivity index (χ1) is 47.5. The Morgan fingerprint density at radius 1 is 0.292 bits per heavy atom. The summed E-state index contributed by atoms with van der Waals surface area (Å²) in [5.74, 6) is -0.0339. The van der Waals surface area contributed by atoms with Gasteiger partial charge in [-0.3, -0.25) is 9.59 Å². The third kappa shape index (κ3) is 81.0. The highest BCUT2D eigenvalue weighted by Crippen LogP contribution is 2.21. The lowest BCUT2D eigenvalue weighted by atomic mass is 10.0. The molecule has 0 saturated carbocycles. The van der Waals surface area contributed by atoms with Gasteiger partial charge in [-0.1, -0.05) is 461 Å². The Morgan fingerprint density at radius 3 is 0.792 bits per heavy atom. The summed E-state index contributed by atoms with van der Waals surface area (Å²) >= 11 is 0. The van der Waals surface area contributed by atoms with Crippen LogP contribution in [-0.4, -0.2) is 47.4 Å². The molecule has 6 nitrogen and oxygen atoms in total. The van der Waals surface area contributed by atoms with Crippen LogP contribution in [0.5, 0.6) is 0 Å². The maximum Gasteiger partial charge on any atom is 0.305 e. The Labute approximate surface area is 602 Å². The van der Waals surface area contributed by atoms with Crippen LogP contribution in [0, 0.1) is 0 Å². The Balaban J connectivity index is 3.36. The summed E-state index contributed by atoms with van der Waals surface area (Å²) in [5.41, 5.74) is 0. The van der Waals surface area contributed by atoms with E-state index in [1.165, 1.54) is 430 Å². The normalized spacial score (nSPS) is 12.6. The SMILES string of the molecule is CCCCCCCCCCCCCCCCCCCCC/C=C/C(O)C(CO)NC(=O)CCCCCCCCCCCCCCCCCCC/C=C\C/C=C\CCCCCCCCCCCCCCCCCOC(=O)CCCCCCCCCCCCCCCCCCCCC. The minimum Gasteiger partial charge on any atom is -0.466 e. The standard InChI is InChI=1S/C90H173NO5/c1-3-5-7-9-11-13-15-17-19-21-23-43-47-50-54-58-62-66-70-74-78-82-88(93)87(86-92)91-89(94)83-79-75-71-67-63-59-55-51-48-44-41-39-37-35-33-31-29-27-25-24-26-28-30-32-34-36-38-40-42-45-49-53-57-61-65-69-73-77-81-85-96-90(95)84-80-76-72-68-64-60-56-52-46-22-20-18-16-14-12-10-8-6-4-2/h24-25,28,30,78,82,87-88,92-93H,3-23,26-27,29,31-77,79-81,83-86H2,1-2H3,(H,91,94)/b25-24-,30-28-,82-78+. The number of rotatable bonds is 84. The molecule has 0 bridgehead atoms. The molecule has 6 heteroatoms. The van der Waals surface area contributed by atoms with E-state index in [-0.39, 0.29) is 18.5 Å². The molecule has 0 aromatic heterocycles. The van der Waals surface area contributed by atoms with Crippen LogP contribution in [0.2, 0.25) is 0 Å². The van der Waals surface area contributed by atoms with Crippen molar-refractivity contribution in [2.75, 3.05) is 13.2 Å². The van der Waals surface area contributed by atoms with Crippen molar-refractivity contribution >= 4 is 11.9 Å². The van der Waals surface area contributed by atoms with Gasteiger partial charge in [-0.05, 0) is 64.2 Å². The fraction of sp³-hybridized carbons (Fsp3) is 0.911. The lowest BCUT2D eigenvalue weighted by Gasteiger charge is -2.20. The number of carbonyl (C=O) groups is 2. The van der Waals surface area contributed by atoms with Crippen LogP contribution in [0.25, 0.3) is 0 Å². The molecule has 2 atom stereocenters. The third-order valence-corrected chi connectivity index (χ3v) is 20.9. The van der Waals surface area contributed by atoms with Gasteiger partial charge >= 0.3 is 5.97 Å². The number of esters is 1. The number of amides is 1. The van der Waals surface area contributed by atoms with E-state index in [0.717, 1.165) is 44.9 Å². The summed E-state index contributed by atoms with van der Waals surface area (Å²) in [6.45, 7) is 4.97. The molecular formula is C90H173NO5. The molecular weight excluding hydrogens is 1170 g/mol. The topological polar surface area (TPSA) is 95.9 Å². The molecule has 0 aromatic rings. The molecule has 0 heterocycles. The second kappa shape index (κ2) is 85.5. The van der Waals surface area contributed by atoms with Crippen molar-refractivity contribution in [2.24, 2.45) is 0 Å². The fourth-order valence-electron chi connectivity index (χ4n) is 14.2. The molecule has 0 aliphatic rings. The van der Waals surface area contributed by atoms with Crippen molar-refractivity contribution in [2.45, 2.75) is 514 Å². The van der Waals surface area contributed by atoms with E-state index in [1.807, 2.05) is 6.08 Å². The zero-order chi connectivity index (χ0) is 69.1. The predicted molar refractivity (Wildman–Crippen MR) is 426 cm³/mol. The van der Waals surface area contributed by atoms with Gasteiger partial charge in [0.2, 0.25) is 5.91 Å². The number of aliphatic hydroxyl groups excluding tert-OH is 2. The van der Waals surface area contributed by atoms with Gasteiger partial charge in [-0.2, -0.15) is 0 Å². The van der Waals surface area contributed by atoms with Gasteiger partial charge < -0.3 is 20.3 Å². The first-order valence-corrected chi connectivity index (χ1v) is 44.3. The number of unbranched alkanes of at least 4 members (excludes halogenated alkanes) is 69. The summed E-state index contributed by atoms with van der Waals surface area (Å²) in [7, 11) is 0. The van der Waals surface area contributed by atoms with Gasteiger partial charge in [0, 0.05) is 12.8 Å². The maximum atomic E-state index is 12.6. The van der Waals surface area contributed by atoms with Crippen LogP contribution >= 0.6 is 0 Å². The summed E-state index contributed by atoms with van der Waals surface area (Å²) in [6, 6.07) is -0.627. The lowest BCUT2D eigenvalue weighted by Crippen LogP contribution is -2.45. The maximum absolute atomic E-state index is 12.6. The van der Waals surface area contributed by atoms with E-state index in [9.17, 15) is 19.8 Å². The van der Waals surface area contributed by atoms with E-state index in [4.69, 9.17) is 4.74 Å². The first-order valence-electron chi connectivity index (χ1n) is 44.3. The van der Waals surface area contributed by atoms with Crippen LogP contribution < -0.4 is 5.32 Å². The number of aliphatic hydroxyl groups is 2. The molecule has 0 saturated heterocycles. The zero-order valence-electron chi connectivity index (χ0n) is 65.4. The molecule has 0 aliphatic heterocycles. The van der Waals surface area contributed by atoms with Gasteiger partial charge in [-0.15, -0.1) is 0 Å². The number of hydrogen-bond donors (Lipinski definition) is 3. The summed E-state index contributed by atoms with van der Waals surface area (Å²) in [6.07, 6.45) is 113. The number of carbonyl (C=O) groups excluding carboxylic acids is 2. The molecule has 568 valence electrons. The largest absolute Gasteiger partial charge is 0.466 e. The van der Waals surface area contributed by atoms with E-state index in [0.29, 0.717) is 19.4 Å². The Morgan fingerprint density at radius 2 is 0.521 bits per heavy atom. The molecule has 96 heavy (non-hydrogen) atoms. The van der Waals surface area contributed by atoms with Crippen LogP contribution in [0.4, 0.5) is 0 Å². The number of ether oxygens (including phenoxy) is 1. The van der Waals surface area contributed by atoms with Crippen molar-refractivity contribution < 1.29 is 24.5 Å². The summed E-state index contributed by atoms with van der Waals surface area (Å²) in [5, 5.41) is 23.3. The monoisotopic (exact) mass is 1350 g/mol. The number of allylic oxidation sites excluding steroid dienone is 5. The second-order valence-electron chi connectivity index (χ2n) is 30.6. The van der Waals surface area contributed by atoms with E-state index < -0.39 is 12.1 Å². The molecule has 0 rings (SSSR count). The van der Waals surface area contributed by atoms with Crippen LogP contribution in [-0.2, 0) is 14.3 Å². The molecule has 0 spiro atoms. The highest BCUT2D eigenvalue weighted by atomic mass is 16.5. The van der Waals surface area contributed by atoms with Gasteiger partial charge in [0.15, 0.2) is 0 Å². The third-order valence-electron chi connectivity index (χ3n) is 20.9. The molecule has 0 aliphatic carbocycles. The van der Waals surface area contributed by atoms with Crippen molar-refractivity contribution in [1.82, 2.24) is 5.32 Å². The average molecular weight is 1350 g/mol. The van der Waals surface area contributed by atoms with Crippen molar-refractivity contribution in [3.63, 3.8) is 0 Å². The van der Waals surface area contributed by atoms with Crippen LogP contribution in [0.1, 0.15) is 502 Å². The number of hydrogen-bond acceptors (Lipinski definition) is 5. The molecule has 0 radical (unpaired) electrons. The van der Waals surface area contributed by atoms with Crippen molar-refractivity contribution in [3.8, 4) is 0 Å². The highest BCUT2D eigenvalue weighted by molar-refractivity contribution is 5.76. The van der Waals surface area contributed by atoms with Gasteiger partial charge in [0.05, 0.1) is 25.4 Å². The fourth-order valence-corrected chi connectivity index (χ4v) is 14.2. The second-order valence-corrected chi connectivity index (χ2v) is 30.6. The van der Waals surface area contributed by atoms with Gasteiger partial charge in [0.25, 0.3) is 0 Å². The lowest BCUT2D eigenvalue weighted by molar-refractivity contribution is -0.143. The molecule has 1 amide bonds. The summed E-state index contributed by atoms with van der Waals surface area (Å²) in [4.78, 5) is 24.7. The van der Waals surface area contributed by atoms with E-state index >= 15 is 0 Å². The molecule has 3 N–H and O–H groups in total. The van der Waals surface area contributed by atoms with Crippen LogP contribution in [0.3, 0.4) is 0 Å². The summed E-state index contributed by atoms with van der Waals surface area (Å²) < 4.78 is 5.53. The Hall–Kier alpha value is -1.92. The average Bonchev–Trinajstić information content (AvgIpc) is 3.72. The minimum absolute atomic E-state index is 0.0260. The highest BCUT2D eigenvalue weighted by Gasteiger charge is 2.18. The van der Waals surface area contributed by atoms with Gasteiger partial charge in [-0.25, -0.2) is 0 Å².